The van der Waals surface area contributed by atoms with Gasteiger partial charge < -0.3 is 9.88 Å². The number of likely N-dealkylation sites (tertiary alicyclic amines) is 1. The Kier molecular flexibility index (Phi) is 3.91. The van der Waals surface area contributed by atoms with Gasteiger partial charge in [-0.15, -0.1) is 11.8 Å². The Bertz CT molecular complexity index is 932. The van der Waals surface area contributed by atoms with Gasteiger partial charge in [0.15, 0.2) is 0 Å². The highest BCUT2D eigenvalue weighted by Crippen LogP contribution is 2.49. The van der Waals surface area contributed by atoms with Gasteiger partial charge in [-0.05, 0) is 54.6 Å². The summed E-state index contributed by atoms with van der Waals surface area (Å²) in [6, 6.07) is 18.3. The molecule has 0 spiro atoms. The molecule has 1 aliphatic heterocycles. The summed E-state index contributed by atoms with van der Waals surface area (Å²) >= 11 is 2.01. The van der Waals surface area contributed by atoms with Crippen LogP contribution >= 0.6 is 11.8 Å². The van der Waals surface area contributed by atoms with Gasteiger partial charge in [-0.3, -0.25) is 0 Å². The third-order valence-electron chi connectivity index (χ3n) is 6.35. The van der Waals surface area contributed by atoms with Crippen LogP contribution in [0.3, 0.4) is 0 Å². The highest BCUT2D eigenvalue weighted by molar-refractivity contribution is 7.99. The van der Waals surface area contributed by atoms with Crippen molar-refractivity contribution in [1.29, 1.82) is 0 Å². The molecule has 134 valence electrons. The highest BCUT2D eigenvalue weighted by Gasteiger charge is 2.44. The van der Waals surface area contributed by atoms with Crippen molar-refractivity contribution in [3.8, 4) is 0 Å². The number of rotatable bonds is 3. The summed E-state index contributed by atoms with van der Waals surface area (Å²) in [5, 5.41) is 1.50. The molecule has 1 fully saturated rings. The highest BCUT2D eigenvalue weighted by atomic mass is 32.2. The van der Waals surface area contributed by atoms with Crippen LogP contribution in [0.1, 0.15) is 30.4 Å². The zero-order chi connectivity index (χ0) is 17.7. The van der Waals surface area contributed by atoms with Gasteiger partial charge in [-0.2, -0.15) is 0 Å². The van der Waals surface area contributed by atoms with Crippen molar-refractivity contribution < 1.29 is 0 Å². The van der Waals surface area contributed by atoms with Crippen molar-refractivity contribution in [3.63, 3.8) is 0 Å². The number of fused-ring (bicyclic) bond motifs is 2. The normalized spacial score (nSPS) is 28.2. The maximum absolute atomic E-state index is 3.49. The summed E-state index contributed by atoms with van der Waals surface area (Å²) < 4.78 is 0. The maximum Gasteiger partial charge on any atom is 0.0459 e. The predicted octanol–water partition coefficient (Wildman–Crippen LogP) is 5.31. The van der Waals surface area contributed by atoms with E-state index in [-0.39, 0.29) is 0 Å². The van der Waals surface area contributed by atoms with E-state index in [2.05, 4.69) is 78.6 Å². The molecule has 1 N–H and O–H groups in total. The Morgan fingerprint density at radius 2 is 2.00 bits per heavy atom. The number of hydrogen-bond donors (Lipinski definition) is 1. The number of nitrogens with zero attached hydrogens (tertiary/aromatic N) is 1. The minimum Gasteiger partial charge on any atom is -0.361 e. The van der Waals surface area contributed by atoms with Crippen LogP contribution in [0.2, 0.25) is 0 Å². The first kappa shape index (κ1) is 16.5. The molecule has 3 atom stereocenters. The molecule has 0 saturated carbocycles. The Morgan fingerprint density at radius 3 is 2.85 bits per heavy atom. The van der Waals surface area contributed by atoms with Gasteiger partial charge >= 0.3 is 0 Å². The van der Waals surface area contributed by atoms with E-state index in [1.165, 1.54) is 46.5 Å². The quantitative estimate of drug-likeness (QED) is 0.637. The minimum atomic E-state index is 0.340. The van der Waals surface area contributed by atoms with Crippen LogP contribution in [0.25, 0.3) is 10.9 Å². The van der Waals surface area contributed by atoms with E-state index < -0.39 is 0 Å². The second-order valence-electron chi connectivity index (χ2n) is 8.49. The average Bonchev–Trinajstić information content (AvgIpc) is 3.07. The third-order valence-corrected chi connectivity index (χ3v) is 7.80. The molecule has 3 heteroatoms. The lowest BCUT2D eigenvalue weighted by atomic mass is 9.68. The van der Waals surface area contributed by atoms with E-state index in [1.807, 2.05) is 11.8 Å². The molecule has 1 saturated heterocycles. The monoisotopic (exact) mass is 362 g/mol. The minimum absolute atomic E-state index is 0.340. The number of benzene rings is 2. The van der Waals surface area contributed by atoms with Gasteiger partial charge in [0.25, 0.3) is 0 Å². The van der Waals surface area contributed by atoms with E-state index in [4.69, 9.17) is 0 Å². The van der Waals surface area contributed by atoms with Crippen LogP contribution in [0, 0.1) is 5.41 Å². The van der Waals surface area contributed by atoms with Crippen LogP contribution in [-0.4, -0.2) is 35.3 Å². The number of aromatic amines is 1. The second-order valence-corrected chi connectivity index (χ2v) is 9.54. The van der Waals surface area contributed by atoms with Gasteiger partial charge in [0.05, 0.1) is 0 Å². The van der Waals surface area contributed by atoms with Gasteiger partial charge in [0, 0.05) is 46.3 Å². The predicted molar refractivity (Wildman–Crippen MR) is 111 cm³/mol. The summed E-state index contributed by atoms with van der Waals surface area (Å²) in [5.41, 5.74) is 4.72. The lowest BCUT2D eigenvalue weighted by molar-refractivity contribution is 0.0679. The molecule has 5 rings (SSSR count). The molecule has 2 nitrogen and oxygen atoms in total. The molecule has 0 amide bonds. The number of thioether (sulfide) groups is 1. The molecular formula is C23H26N2S. The Balaban J connectivity index is 1.45. The zero-order valence-corrected chi connectivity index (χ0v) is 16.4. The molecule has 2 aromatic carbocycles. The topological polar surface area (TPSA) is 19.0 Å². The SMILES string of the molecule is CN1CC(C)(CSc2ccccc2)C[C@H]2c3cccc4[nH]cc(c34)C[C@@H]21. The van der Waals surface area contributed by atoms with Crippen molar-refractivity contribution >= 4 is 22.7 Å². The zero-order valence-electron chi connectivity index (χ0n) is 15.5. The first-order chi connectivity index (χ1) is 12.6. The fraction of sp³-hybridized carbons (Fsp3) is 0.391. The van der Waals surface area contributed by atoms with Crippen molar-refractivity contribution in [3.05, 3.63) is 65.9 Å². The molecule has 1 aromatic heterocycles. The van der Waals surface area contributed by atoms with Crippen LogP contribution < -0.4 is 0 Å². The lowest BCUT2D eigenvalue weighted by Crippen LogP contribution is -2.52. The standard InChI is InChI=1S/C23H26N2S/c1-23(15-26-17-7-4-3-5-8-17)12-19-18-9-6-10-20-22(18)16(13-24-20)11-21(19)25(2)14-23/h3-10,13,19,21,24H,11-12,14-15H2,1-2H3/t19-,21-,23?/m0/s1. The third kappa shape index (κ3) is 2.69. The molecule has 1 unspecified atom stereocenters. The smallest absolute Gasteiger partial charge is 0.0459 e. The number of hydrogen-bond acceptors (Lipinski definition) is 2. The van der Waals surface area contributed by atoms with E-state index in [0.29, 0.717) is 17.4 Å². The number of H-pyrrole nitrogens is 1. The van der Waals surface area contributed by atoms with E-state index in [0.717, 1.165) is 0 Å². The van der Waals surface area contributed by atoms with E-state index >= 15 is 0 Å². The van der Waals surface area contributed by atoms with Crippen molar-refractivity contribution in [2.75, 3.05) is 19.3 Å². The van der Waals surface area contributed by atoms with Crippen LogP contribution in [-0.2, 0) is 6.42 Å². The molecule has 0 bridgehead atoms. The molecule has 0 radical (unpaired) electrons. The molecule has 2 heterocycles. The van der Waals surface area contributed by atoms with Crippen LogP contribution in [0.5, 0.6) is 0 Å². The fourth-order valence-corrected chi connectivity index (χ4v) is 6.31. The van der Waals surface area contributed by atoms with Gasteiger partial charge in [-0.25, -0.2) is 0 Å². The summed E-state index contributed by atoms with van der Waals surface area (Å²) in [6.45, 7) is 3.67. The first-order valence-electron chi connectivity index (χ1n) is 9.60. The van der Waals surface area contributed by atoms with E-state index in [9.17, 15) is 0 Å². The number of piperidine rings is 1. The van der Waals surface area contributed by atoms with Crippen molar-refractivity contribution in [1.82, 2.24) is 9.88 Å². The first-order valence-corrected chi connectivity index (χ1v) is 10.6. The van der Waals surface area contributed by atoms with Crippen molar-refractivity contribution in [2.45, 2.75) is 36.6 Å². The molecular weight excluding hydrogens is 336 g/mol. The summed E-state index contributed by atoms with van der Waals surface area (Å²) in [6.07, 6.45) is 4.70. The Labute approximate surface area is 160 Å². The largest absolute Gasteiger partial charge is 0.361 e. The van der Waals surface area contributed by atoms with Gasteiger partial charge in [0.1, 0.15) is 0 Å². The summed E-state index contributed by atoms with van der Waals surface area (Å²) in [4.78, 5) is 7.51. The average molecular weight is 363 g/mol. The van der Waals surface area contributed by atoms with E-state index in [1.54, 1.807) is 5.56 Å². The Morgan fingerprint density at radius 1 is 1.15 bits per heavy atom. The molecule has 26 heavy (non-hydrogen) atoms. The molecule has 2 aliphatic rings. The molecule has 3 aromatic rings. The van der Waals surface area contributed by atoms with Crippen LogP contribution in [0.15, 0.2) is 59.6 Å². The second kappa shape index (κ2) is 6.17. The number of likely N-dealkylation sites (N-methyl/N-ethyl adjacent to an activating group) is 1. The lowest BCUT2D eigenvalue weighted by Gasteiger charge is -2.50. The van der Waals surface area contributed by atoms with Crippen LogP contribution in [0.4, 0.5) is 0 Å². The maximum atomic E-state index is 3.49. The fourth-order valence-electron chi connectivity index (χ4n) is 5.23. The summed E-state index contributed by atoms with van der Waals surface area (Å²) in [5.74, 6) is 1.82. The Hall–Kier alpha value is -1.71. The van der Waals surface area contributed by atoms with Gasteiger partial charge in [0.2, 0.25) is 0 Å². The van der Waals surface area contributed by atoms with Crippen molar-refractivity contribution in [2.24, 2.45) is 5.41 Å². The number of nitrogens with one attached hydrogen (secondary N) is 1. The van der Waals surface area contributed by atoms with Gasteiger partial charge in [-0.1, -0.05) is 37.3 Å². The molecule has 1 aliphatic carbocycles. The summed E-state index contributed by atoms with van der Waals surface area (Å²) in [7, 11) is 2.33. The number of aromatic nitrogens is 1.